The number of Topliss-reactive ketones (excluding diaryl/α,β-unsaturated/α-hetero) is 2. The van der Waals surface area contributed by atoms with Crippen LogP contribution in [-0.4, -0.2) is 29.7 Å². The third kappa shape index (κ3) is 4.14. The highest BCUT2D eigenvalue weighted by molar-refractivity contribution is 5.95. The average molecular weight is 519 g/mol. The van der Waals surface area contributed by atoms with E-state index in [0.29, 0.717) is 29.1 Å². The highest BCUT2D eigenvalue weighted by Gasteiger charge is 2.56. The summed E-state index contributed by atoms with van der Waals surface area (Å²) in [6.07, 6.45) is 12.6. The number of carbonyl (C=O) groups excluding carboxylic acids is 3. The maximum atomic E-state index is 13.6. The first-order valence-corrected chi connectivity index (χ1v) is 15.3. The predicted molar refractivity (Wildman–Crippen MR) is 143 cm³/mol. The van der Waals surface area contributed by atoms with E-state index in [2.05, 4.69) is 0 Å². The van der Waals surface area contributed by atoms with Gasteiger partial charge in [-0.15, -0.1) is 0 Å². The molecule has 0 saturated heterocycles. The molecule has 0 spiro atoms. The Bertz CT molecular complexity index is 1060. The quantitative estimate of drug-likeness (QED) is 0.364. The van der Waals surface area contributed by atoms with Crippen LogP contribution in [0.2, 0.25) is 0 Å². The summed E-state index contributed by atoms with van der Waals surface area (Å²) in [5.41, 5.74) is -0.0504. The summed E-state index contributed by atoms with van der Waals surface area (Å²) >= 11 is 0. The van der Waals surface area contributed by atoms with E-state index < -0.39 is 18.2 Å². The Morgan fingerprint density at radius 1 is 0.632 bits per heavy atom. The lowest BCUT2D eigenvalue weighted by molar-refractivity contribution is -0.152. The molecule has 2 atom stereocenters. The van der Waals surface area contributed by atoms with Crippen molar-refractivity contribution in [3.63, 3.8) is 0 Å². The van der Waals surface area contributed by atoms with Crippen molar-refractivity contribution in [3.8, 4) is 5.75 Å². The second-order valence-electron chi connectivity index (χ2n) is 14.5. The SMILES string of the molecule is CC(OC(=O)c1ccc(OC(C)C(=O)C23CC4CC(CC(C4)C2)C3)cc1)C(=O)C12CC3CC(CC(C3)C1)C2. The average Bonchev–Trinajstić information content (AvgIpc) is 2.86. The molecule has 8 bridgehead atoms. The van der Waals surface area contributed by atoms with Crippen molar-refractivity contribution in [2.75, 3.05) is 0 Å². The maximum Gasteiger partial charge on any atom is 0.338 e. The molecule has 1 aromatic carbocycles. The molecule has 38 heavy (non-hydrogen) atoms. The van der Waals surface area contributed by atoms with E-state index in [9.17, 15) is 14.4 Å². The van der Waals surface area contributed by atoms with E-state index in [1.165, 1.54) is 38.5 Å². The van der Waals surface area contributed by atoms with Gasteiger partial charge in [-0.1, -0.05) is 0 Å². The number of benzene rings is 1. The van der Waals surface area contributed by atoms with Gasteiger partial charge in [0.25, 0.3) is 0 Å². The topological polar surface area (TPSA) is 69.7 Å². The minimum atomic E-state index is -0.729. The van der Waals surface area contributed by atoms with E-state index in [1.54, 1.807) is 31.2 Å². The lowest BCUT2D eigenvalue weighted by Crippen LogP contribution is -2.53. The first kappa shape index (κ1) is 24.8. The van der Waals surface area contributed by atoms with E-state index in [4.69, 9.17) is 9.47 Å². The van der Waals surface area contributed by atoms with E-state index in [-0.39, 0.29) is 22.4 Å². The second-order valence-corrected chi connectivity index (χ2v) is 14.5. The fourth-order valence-corrected chi connectivity index (χ4v) is 10.9. The molecule has 1 aromatic rings. The lowest BCUT2D eigenvalue weighted by Gasteiger charge is -2.56. The van der Waals surface area contributed by atoms with Crippen LogP contribution in [0.15, 0.2) is 24.3 Å². The number of esters is 1. The standard InChI is InChI=1S/C33H42O5/c1-19(29(34)32-13-21-7-22(14-32)9-23(8-21)15-32)37-28-5-3-27(4-6-28)31(36)38-20(2)30(35)33-16-24-10-25(17-33)12-26(11-24)18-33/h3-6,19-26H,7-18H2,1-2H3. The van der Waals surface area contributed by atoms with E-state index >= 15 is 0 Å². The van der Waals surface area contributed by atoms with Crippen molar-refractivity contribution >= 4 is 17.5 Å². The molecule has 8 saturated carbocycles. The van der Waals surface area contributed by atoms with Crippen molar-refractivity contribution in [2.24, 2.45) is 46.3 Å². The number of ether oxygens (including phenoxy) is 2. The van der Waals surface area contributed by atoms with Crippen LogP contribution < -0.4 is 4.74 Å². The molecule has 8 fully saturated rings. The van der Waals surface area contributed by atoms with Crippen LogP contribution in [0.1, 0.15) is 101 Å². The molecule has 0 aromatic heterocycles. The molecule has 8 aliphatic carbocycles. The van der Waals surface area contributed by atoms with Gasteiger partial charge < -0.3 is 9.47 Å². The van der Waals surface area contributed by atoms with Crippen molar-refractivity contribution in [1.82, 2.24) is 0 Å². The molecule has 0 N–H and O–H groups in total. The summed E-state index contributed by atoms with van der Waals surface area (Å²) in [7, 11) is 0. The number of rotatable bonds is 8. The normalized spacial score (nSPS) is 41.5. The molecule has 0 aliphatic heterocycles. The van der Waals surface area contributed by atoms with Gasteiger partial charge in [-0.3, -0.25) is 9.59 Å². The monoisotopic (exact) mass is 518 g/mol. The van der Waals surface area contributed by atoms with Gasteiger partial charge >= 0.3 is 5.97 Å². The fourth-order valence-electron chi connectivity index (χ4n) is 10.9. The van der Waals surface area contributed by atoms with E-state index in [0.717, 1.165) is 56.3 Å². The number of ketones is 2. The molecule has 5 heteroatoms. The molecule has 0 amide bonds. The third-order valence-electron chi connectivity index (χ3n) is 11.5. The van der Waals surface area contributed by atoms with Gasteiger partial charge in [0.1, 0.15) is 5.75 Å². The molecule has 5 nitrogen and oxygen atoms in total. The van der Waals surface area contributed by atoms with Gasteiger partial charge in [0.15, 0.2) is 23.8 Å². The number of carbonyl (C=O) groups is 3. The van der Waals surface area contributed by atoms with Crippen molar-refractivity contribution < 1.29 is 23.9 Å². The van der Waals surface area contributed by atoms with Crippen molar-refractivity contribution in [2.45, 2.75) is 103 Å². The smallest absolute Gasteiger partial charge is 0.338 e. The summed E-state index contributed by atoms with van der Waals surface area (Å²) in [5.74, 6) is 4.71. The van der Waals surface area contributed by atoms with Gasteiger partial charge in [0, 0.05) is 10.8 Å². The Labute approximate surface area is 226 Å². The first-order chi connectivity index (χ1) is 18.2. The molecule has 2 unspecified atom stereocenters. The van der Waals surface area contributed by atoms with Gasteiger partial charge in [0.2, 0.25) is 0 Å². The summed E-state index contributed by atoms with van der Waals surface area (Å²) in [4.78, 5) is 40.0. The van der Waals surface area contributed by atoms with Crippen LogP contribution in [-0.2, 0) is 14.3 Å². The Balaban J connectivity index is 0.963. The van der Waals surface area contributed by atoms with Crippen LogP contribution in [0.3, 0.4) is 0 Å². The molecule has 0 radical (unpaired) electrons. The zero-order chi connectivity index (χ0) is 26.2. The predicted octanol–water partition coefficient (Wildman–Crippen LogP) is 6.57. The minimum Gasteiger partial charge on any atom is -0.483 e. The fraction of sp³-hybridized carbons (Fsp3) is 0.727. The lowest BCUT2D eigenvalue weighted by atomic mass is 9.48. The van der Waals surface area contributed by atoms with Gasteiger partial charge in [-0.05, 0) is 151 Å². The summed E-state index contributed by atoms with van der Waals surface area (Å²) in [6.45, 7) is 3.62. The maximum absolute atomic E-state index is 13.6. The summed E-state index contributed by atoms with van der Waals surface area (Å²) in [5, 5.41) is 0. The van der Waals surface area contributed by atoms with Crippen LogP contribution in [0.5, 0.6) is 5.75 Å². The summed E-state index contributed by atoms with van der Waals surface area (Å²) < 4.78 is 11.8. The summed E-state index contributed by atoms with van der Waals surface area (Å²) in [6, 6.07) is 6.85. The minimum absolute atomic E-state index is 0.127. The highest BCUT2D eigenvalue weighted by Crippen LogP contribution is 2.61. The van der Waals surface area contributed by atoms with Crippen LogP contribution >= 0.6 is 0 Å². The Morgan fingerprint density at radius 2 is 1.00 bits per heavy atom. The first-order valence-electron chi connectivity index (χ1n) is 15.3. The van der Waals surface area contributed by atoms with Gasteiger partial charge in [0.05, 0.1) is 5.56 Å². The Morgan fingerprint density at radius 3 is 1.39 bits per heavy atom. The number of hydrogen-bond donors (Lipinski definition) is 0. The molecule has 204 valence electrons. The largest absolute Gasteiger partial charge is 0.483 e. The van der Waals surface area contributed by atoms with Gasteiger partial charge in [-0.25, -0.2) is 4.79 Å². The van der Waals surface area contributed by atoms with Crippen molar-refractivity contribution in [3.05, 3.63) is 29.8 Å². The molecular weight excluding hydrogens is 476 g/mol. The second kappa shape index (κ2) is 8.93. The van der Waals surface area contributed by atoms with Crippen molar-refractivity contribution in [1.29, 1.82) is 0 Å². The van der Waals surface area contributed by atoms with E-state index in [1.807, 2.05) is 6.92 Å². The zero-order valence-corrected chi connectivity index (χ0v) is 23.0. The Kier molecular flexibility index (Phi) is 5.83. The molecular formula is C33H42O5. The number of hydrogen-bond acceptors (Lipinski definition) is 5. The van der Waals surface area contributed by atoms with Crippen LogP contribution in [0, 0.1) is 46.3 Å². The molecule has 9 rings (SSSR count). The molecule has 8 aliphatic rings. The molecule has 0 heterocycles. The highest BCUT2D eigenvalue weighted by atomic mass is 16.5. The zero-order valence-electron chi connectivity index (χ0n) is 23.0. The van der Waals surface area contributed by atoms with Gasteiger partial charge in [-0.2, -0.15) is 0 Å². The third-order valence-corrected chi connectivity index (χ3v) is 11.5. The van der Waals surface area contributed by atoms with Crippen LogP contribution in [0.4, 0.5) is 0 Å². The Hall–Kier alpha value is -2.17. The van der Waals surface area contributed by atoms with Crippen LogP contribution in [0.25, 0.3) is 0 Å².